The molecule has 2 aromatic heterocycles. The normalized spacial score (nSPS) is 13.8. The molecule has 1 aliphatic rings. The minimum absolute atomic E-state index is 0.160. The molecule has 0 bridgehead atoms. The number of nitrogens with zero attached hydrogens (tertiary/aromatic N) is 4. The number of halogens is 3. The molecule has 12 heteroatoms. The summed E-state index contributed by atoms with van der Waals surface area (Å²) in [6.45, 7) is 1.15. The standard InChI is InChI=1S/C25H26F3N7O2/c1-14-11-16(5-6-17(14)23(36)29-13-25(26,27)28)22-32-24(35(34-22)9-10-37-2)31-20-8-7-19-18(12-30-33-19)21(20)15-3-4-15/h5-8,11-12,15H,3-4,9-10,13H2,1-2H3,(H,29,36)(H,30,33)(H,31,32,34). The van der Waals surface area contributed by atoms with Crippen LogP contribution in [0.1, 0.15) is 40.2 Å². The fourth-order valence-electron chi connectivity index (χ4n) is 4.30. The topological polar surface area (TPSA) is 110 Å². The Labute approximate surface area is 210 Å². The van der Waals surface area contributed by atoms with E-state index in [0.29, 0.717) is 42.0 Å². The maximum atomic E-state index is 12.5. The Morgan fingerprint density at radius 2 is 2.05 bits per heavy atom. The van der Waals surface area contributed by atoms with Crippen LogP contribution in [0.4, 0.5) is 24.8 Å². The third-order valence-electron chi connectivity index (χ3n) is 6.26. The van der Waals surface area contributed by atoms with Crippen molar-refractivity contribution in [2.75, 3.05) is 25.6 Å². The molecular formula is C25H26F3N7O2. The molecule has 1 fully saturated rings. The highest BCUT2D eigenvalue weighted by atomic mass is 19.4. The Morgan fingerprint density at radius 1 is 1.24 bits per heavy atom. The molecule has 9 nitrogen and oxygen atoms in total. The van der Waals surface area contributed by atoms with E-state index in [1.807, 2.05) is 23.6 Å². The van der Waals surface area contributed by atoms with Gasteiger partial charge in [0.15, 0.2) is 5.82 Å². The van der Waals surface area contributed by atoms with Crippen LogP contribution in [0.3, 0.4) is 0 Å². The summed E-state index contributed by atoms with van der Waals surface area (Å²) in [5.41, 5.74) is 4.41. The lowest BCUT2D eigenvalue weighted by Crippen LogP contribution is -2.34. The summed E-state index contributed by atoms with van der Waals surface area (Å²) in [5, 5.41) is 18.3. The highest BCUT2D eigenvalue weighted by molar-refractivity contribution is 5.96. The van der Waals surface area contributed by atoms with E-state index in [1.54, 1.807) is 30.8 Å². The van der Waals surface area contributed by atoms with E-state index in [2.05, 4.69) is 20.6 Å². The maximum Gasteiger partial charge on any atom is 0.405 e. The van der Waals surface area contributed by atoms with Gasteiger partial charge in [0.05, 0.1) is 24.9 Å². The van der Waals surface area contributed by atoms with Crippen LogP contribution in [0.25, 0.3) is 22.3 Å². The number of aryl methyl sites for hydroxylation is 1. The number of nitrogens with one attached hydrogen (secondary N) is 3. The van der Waals surface area contributed by atoms with Gasteiger partial charge in [0.25, 0.3) is 5.91 Å². The zero-order valence-corrected chi connectivity index (χ0v) is 20.3. The van der Waals surface area contributed by atoms with Crippen molar-refractivity contribution in [3.05, 3.63) is 53.2 Å². The van der Waals surface area contributed by atoms with Crippen LogP contribution in [0.5, 0.6) is 0 Å². The Bertz CT molecular complexity index is 1440. The third-order valence-corrected chi connectivity index (χ3v) is 6.26. The Kier molecular flexibility index (Phi) is 6.59. The molecule has 1 amide bonds. The van der Waals surface area contributed by atoms with Crippen molar-refractivity contribution in [3.8, 4) is 11.4 Å². The van der Waals surface area contributed by atoms with Gasteiger partial charge in [0.2, 0.25) is 5.95 Å². The van der Waals surface area contributed by atoms with Gasteiger partial charge >= 0.3 is 6.18 Å². The quantitative estimate of drug-likeness (QED) is 0.300. The average Bonchev–Trinajstić information content (AvgIpc) is 3.44. The third kappa shape index (κ3) is 5.43. The number of alkyl halides is 3. The maximum absolute atomic E-state index is 12.5. The lowest BCUT2D eigenvalue weighted by Gasteiger charge is -2.13. The van der Waals surface area contributed by atoms with Gasteiger partial charge in [0.1, 0.15) is 6.54 Å². The van der Waals surface area contributed by atoms with E-state index in [-0.39, 0.29) is 5.56 Å². The number of benzene rings is 2. The monoisotopic (exact) mass is 513 g/mol. The smallest absolute Gasteiger partial charge is 0.383 e. The largest absolute Gasteiger partial charge is 0.405 e. The number of anilines is 2. The molecule has 3 N–H and O–H groups in total. The van der Waals surface area contributed by atoms with Crippen LogP contribution in [-0.4, -0.2) is 57.3 Å². The molecule has 4 aromatic rings. The lowest BCUT2D eigenvalue weighted by atomic mass is 10.0. The number of aromatic amines is 1. The molecule has 2 heterocycles. The molecular weight excluding hydrogens is 487 g/mol. The van der Waals surface area contributed by atoms with Crippen molar-refractivity contribution in [2.24, 2.45) is 0 Å². The molecule has 0 unspecified atom stereocenters. The number of fused-ring (bicyclic) bond motifs is 1. The molecule has 0 atom stereocenters. The summed E-state index contributed by atoms with van der Waals surface area (Å²) >= 11 is 0. The first-order chi connectivity index (χ1) is 17.7. The van der Waals surface area contributed by atoms with E-state index >= 15 is 0 Å². The van der Waals surface area contributed by atoms with Gasteiger partial charge in [-0.2, -0.15) is 23.3 Å². The molecule has 0 radical (unpaired) electrons. The Balaban J connectivity index is 1.44. The second-order valence-corrected chi connectivity index (χ2v) is 9.06. The number of aromatic nitrogens is 5. The van der Waals surface area contributed by atoms with Crippen LogP contribution in [-0.2, 0) is 11.3 Å². The summed E-state index contributed by atoms with van der Waals surface area (Å²) in [4.78, 5) is 16.9. The second-order valence-electron chi connectivity index (χ2n) is 9.06. The van der Waals surface area contributed by atoms with Gasteiger partial charge in [0, 0.05) is 29.3 Å². The Hall–Kier alpha value is -3.93. The first kappa shape index (κ1) is 24.8. The zero-order chi connectivity index (χ0) is 26.2. The SMILES string of the molecule is COCCn1nc(-c2ccc(C(=O)NCC(F)(F)F)c(C)c2)nc1Nc1ccc2[nH]ncc2c1C1CC1. The molecule has 1 aliphatic carbocycles. The first-order valence-corrected chi connectivity index (χ1v) is 11.9. The molecule has 5 rings (SSSR count). The van der Waals surface area contributed by atoms with Crippen LogP contribution >= 0.6 is 0 Å². The van der Waals surface area contributed by atoms with Gasteiger partial charge in [-0.1, -0.05) is 6.07 Å². The number of methoxy groups -OCH3 is 1. The number of carbonyl (C=O) groups excluding carboxylic acids is 1. The van der Waals surface area contributed by atoms with Crippen LogP contribution in [0.2, 0.25) is 0 Å². The fraction of sp³-hybridized carbons (Fsp3) is 0.360. The van der Waals surface area contributed by atoms with Gasteiger partial charge in [-0.25, -0.2) is 4.68 Å². The van der Waals surface area contributed by atoms with Gasteiger partial charge in [-0.15, -0.1) is 5.10 Å². The number of ether oxygens (including phenoxy) is 1. The predicted molar refractivity (Wildman–Crippen MR) is 132 cm³/mol. The molecule has 0 saturated heterocycles. The highest BCUT2D eigenvalue weighted by Gasteiger charge is 2.30. The summed E-state index contributed by atoms with van der Waals surface area (Å²) in [6, 6.07) is 8.77. The van der Waals surface area contributed by atoms with Crippen molar-refractivity contribution in [1.82, 2.24) is 30.3 Å². The minimum Gasteiger partial charge on any atom is -0.383 e. The van der Waals surface area contributed by atoms with Gasteiger partial charge in [-0.05, 0) is 61.1 Å². The van der Waals surface area contributed by atoms with Crippen molar-refractivity contribution in [2.45, 2.75) is 38.4 Å². The number of rotatable bonds is 9. The fourth-order valence-corrected chi connectivity index (χ4v) is 4.30. The summed E-state index contributed by atoms with van der Waals surface area (Å²) < 4.78 is 44.4. The molecule has 2 aromatic carbocycles. The first-order valence-electron chi connectivity index (χ1n) is 11.9. The average molecular weight is 514 g/mol. The van der Waals surface area contributed by atoms with Crippen molar-refractivity contribution in [3.63, 3.8) is 0 Å². The molecule has 0 aliphatic heterocycles. The molecule has 194 valence electrons. The minimum atomic E-state index is -4.48. The van der Waals surface area contributed by atoms with E-state index in [9.17, 15) is 18.0 Å². The van der Waals surface area contributed by atoms with E-state index in [1.165, 1.54) is 11.6 Å². The number of carbonyl (C=O) groups is 1. The molecule has 37 heavy (non-hydrogen) atoms. The second kappa shape index (κ2) is 9.85. The van der Waals surface area contributed by atoms with Gasteiger partial charge < -0.3 is 15.4 Å². The van der Waals surface area contributed by atoms with E-state index in [4.69, 9.17) is 9.72 Å². The Morgan fingerprint density at radius 3 is 2.76 bits per heavy atom. The highest BCUT2D eigenvalue weighted by Crippen LogP contribution is 2.47. The predicted octanol–water partition coefficient (Wildman–Crippen LogP) is 4.69. The number of hydrogen-bond donors (Lipinski definition) is 3. The summed E-state index contributed by atoms with van der Waals surface area (Å²) in [5.74, 6) is 0.615. The van der Waals surface area contributed by atoms with E-state index < -0.39 is 18.6 Å². The van der Waals surface area contributed by atoms with E-state index in [0.717, 1.165) is 29.4 Å². The lowest BCUT2D eigenvalue weighted by molar-refractivity contribution is -0.123. The van der Waals surface area contributed by atoms with Gasteiger partial charge in [-0.3, -0.25) is 9.89 Å². The van der Waals surface area contributed by atoms with Crippen molar-refractivity contribution < 1.29 is 22.7 Å². The molecule has 0 spiro atoms. The van der Waals surface area contributed by atoms with Crippen LogP contribution < -0.4 is 10.6 Å². The molecule has 1 saturated carbocycles. The number of hydrogen-bond acceptors (Lipinski definition) is 6. The van der Waals surface area contributed by atoms with Crippen LogP contribution in [0, 0.1) is 6.92 Å². The zero-order valence-electron chi connectivity index (χ0n) is 20.3. The number of amides is 1. The van der Waals surface area contributed by atoms with Crippen molar-refractivity contribution in [1.29, 1.82) is 0 Å². The van der Waals surface area contributed by atoms with Crippen molar-refractivity contribution >= 4 is 28.4 Å². The summed E-state index contributed by atoms with van der Waals surface area (Å²) in [7, 11) is 1.61. The van der Waals surface area contributed by atoms with Crippen LogP contribution in [0.15, 0.2) is 36.5 Å². The summed E-state index contributed by atoms with van der Waals surface area (Å²) in [6.07, 6.45) is -0.413. The number of H-pyrrole nitrogens is 1.